The number of azo groups is 1. The molecule has 0 radical (unpaired) electrons. The fraction of sp³-hybridized carbons (Fsp3) is 0.200. The second-order valence-corrected chi connectivity index (χ2v) is 8.08. The van der Waals surface area contributed by atoms with Crippen molar-refractivity contribution in [3.8, 4) is 5.75 Å². The Bertz CT molecular complexity index is 1200. The molecule has 0 saturated heterocycles. The number of nitrogens with zero attached hydrogens (tertiary/aromatic N) is 2. The zero-order chi connectivity index (χ0) is 19.9. The molecule has 0 bridgehead atoms. The standard InChI is InChI=1S/C20H20N2O4S/c1-11-5-6-16-15(7-11)10-18(27(24,25)26)20(23)19(16)22-21-17-9-13(3)12(2)8-14(17)4/h5-10,23H,1-4H3,(H,24,25,26). The van der Waals surface area contributed by atoms with Crippen LogP contribution in [0, 0.1) is 27.7 Å². The first kappa shape index (κ1) is 19.0. The summed E-state index contributed by atoms with van der Waals surface area (Å²) in [5, 5.41) is 19.9. The van der Waals surface area contributed by atoms with Crippen molar-refractivity contribution in [2.24, 2.45) is 10.2 Å². The molecule has 2 N–H and O–H groups in total. The number of phenolic OH excluding ortho intramolecular Hbond substituents is 1. The van der Waals surface area contributed by atoms with Crippen LogP contribution in [0.25, 0.3) is 10.8 Å². The van der Waals surface area contributed by atoms with Gasteiger partial charge in [-0.05, 0) is 61.9 Å². The highest BCUT2D eigenvalue weighted by atomic mass is 32.2. The molecule has 0 aliphatic carbocycles. The van der Waals surface area contributed by atoms with Crippen LogP contribution in [0.2, 0.25) is 0 Å². The summed E-state index contributed by atoms with van der Waals surface area (Å²) >= 11 is 0. The molecule has 0 atom stereocenters. The van der Waals surface area contributed by atoms with Crippen LogP contribution >= 0.6 is 0 Å². The first-order valence-corrected chi connectivity index (χ1v) is 9.75. The van der Waals surface area contributed by atoms with Crippen molar-refractivity contribution in [1.82, 2.24) is 0 Å². The molecule has 0 aliphatic heterocycles. The average Bonchev–Trinajstić information content (AvgIpc) is 2.57. The molecule has 0 saturated carbocycles. The van der Waals surface area contributed by atoms with E-state index in [1.54, 1.807) is 12.1 Å². The van der Waals surface area contributed by atoms with Gasteiger partial charge in [0.2, 0.25) is 0 Å². The largest absolute Gasteiger partial charge is 0.504 e. The second kappa shape index (κ2) is 6.75. The molecule has 0 fully saturated rings. The SMILES string of the molecule is Cc1ccc2c(N=Nc3cc(C)c(C)cc3C)c(O)c(S(=O)(=O)O)cc2c1. The number of rotatable bonds is 3. The van der Waals surface area contributed by atoms with E-state index in [0.717, 1.165) is 22.3 Å². The van der Waals surface area contributed by atoms with Crippen molar-refractivity contribution in [2.75, 3.05) is 0 Å². The Kier molecular flexibility index (Phi) is 4.75. The van der Waals surface area contributed by atoms with Crippen molar-refractivity contribution in [1.29, 1.82) is 0 Å². The van der Waals surface area contributed by atoms with Crippen LogP contribution in [0.1, 0.15) is 22.3 Å². The summed E-state index contributed by atoms with van der Waals surface area (Å²) in [6, 6.07) is 10.4. The molecule has 0 aromatic heterocycles. The third-order valence-corrected chi connectivity index (χ3v) is 5.42. The number of aryl methyl sites for hydroxylation is 4. The Morgan fingerprint density at radius 1 is 0.852 bits per heavy atom. The van der Waals surface area contributed by atoms with Gasteiger partial charge in [0, 0.05) is 5.39 Å². The topological polar surface area (TPSA) is 99.3 Å². The maximum atomic E-state index is 11.7. The van der Waals surface area contributed by atoms with Crippen molar-refractivity contribution < 1.29 is 18.1 Å². The van der Waals surface area contributed by atoms with Crippen molar-refractivity contribution in [3.63, 3.8) is 0 Å². The van der Waals surface area contributed by atoms with E-state index >= 15 is 0 Å². The van der Waals surface area contributed by atoms with Gasteiger partial charge < -0.3 is 5.11 Å². The van der Waals surface area contributed by atoms with Gasteiger partial charge in [0.1, 0.15) is 10.6 Å². The van der Waals surface area contributed by atoms with E-state index in [1.165, 1.54) is 6.07 Å². The van der Waals surface area contributed by atoms with Gasteiger partial charge in [0.15, 0.2) is 5.75 Å². The van der Waals surface area contributed by atoms with Gasteiger partial charge in [-0.3, -0.25) is 4.55 Å². The zero-order valence-electron chi connectivity index (χ0n) is 15.5. The number of aromatic hydroxyl groups is 1. The first-order chi connectivity index (χ1) is 12.6. The lowest BCUT2D eigenvalue weighted by Gasteiger charge is -2.10. The summed E-state index contributed by atoms with van der Waals surface area (Å²) in [6.07, 6.45) is 0. The molecule has 0 heterocycles. The summed E-state index contributed by atoms with van der Waals surface area (Å²) < 4.78 is 32.8. The van der Waals surface area contributed by atoms with E-state index in [0.29, 0.717) is 16.5 Å². The van der Waals surface area contributed by atoms with Crippen LogP contribution in [-0.2, 0) is 10.1 Å². The summed E-state index contributed by atoms with van der Waals surface area (Å²) in [5.41, 5.74) is 4.61. The molecule has 3 rings (SSSR count). The average molecular weight is 384 g/mol. The number of phenols is 1. The molecule has 140 valence electrons. The zero-order valence-corrected chi connectivity index (χ0v) is 16.3. The number of fused-ring (bicyclic) bond motifs is 1. The molecule has 3 aromatic rings. The normalized spacial score (nSPS) is 12.2. The van der Waals surface area contributed by atoms with Crippen LogP contribution in [0.4, 0.5) is 11.4 Å². The first-order valence-electron chi connectivity index (χ1n) is 8.31. The molecular formula is C20H20N2O4S. The number of hydrogen-bond donors (Lipinski definition) is 2. The lowest BCUT2D eigenvalue weighted by molar-refractivity contribution is 0.445. The molecule has 0 spiro atoms. The van der Waals surface area contributed by atoms with E-state index in [9.17, 15) is 18.1 Å². The minimum atomic E-state index is -4.62. The molecule has 27 heavy (non-hydrogen) atoms. The second-order valence-electron chi connectivity index (χ2n) is 6.69. The lowest BCUT2D eigenvalue weighted by atomic mass is 10.1. The third kappa shape index (κ3) is 3.70. The number of benzene rings is 3. The van der Waals surface area contributed by atoms with Gasteiger partial charge in [-0.15, -0.1) is 5.11 Å². The number of hydrogen-bond acceptors (Lipinski definition) is 5. The predicted octanol–water partition coefficient (Wildman–Crippen LogP) is 5.44. The van der Waals surface area contributed by atoms with Crippen molar-refractivity contribution >= 4 is 32.3 Å². The van der Waals surface area contributed by atoms with Gasteiger partial charge in [0.25, 0.3) is 10.1 Å². The highest BCUT2D eigenvalue weighted by molar-refractivity contribution is 7.86. The van der Waals surface area contributed by atoms with E-state index in [-0.39, 0.29) is 5.69 Å². The van der Waals surface area contributed by atoms with Crippen LogP contribution in [0.5, 0.6) is 5.75 Å². The van der Waals surface area contributed by atoms with Crippen LogP contribution in [-0.4, -0.2) is 18.1 Å². The molecular weight excluding hydrogens is 364 g/mol. The minimum Gasteiger partial charge on any atom is -0.504 e. The highest BCUT2D eigenvalue weighted by Gasteiger charge is 2.21. The molecule has 0 unspecified atom stereocenters. The Morgan fingerprint density at radius 2 is 1.52 bits per heavy atom. The van der Waals surface area contributed by atoms with Crippen LogP contribution in [0.15, 0.2) is 51.5 Å². The van der Waals surface area contributed by atoms with Gasteiger partial charge >= 0.3 is 0 Å². The van der Waals surface area contributed by atoms with E-state index < -0.39 is 20.8 Å². The van der Waals surface area contributed by atoms with Crippen LogP contribution < -0.4 is 0 Å². The predicted molar refractivity (Wildman–Crippen MR) is 105 cm³/mol. The minimum absolute atomic E-state index is 0.00208. The van der Waals surface area contributed by atoms with Gasteiger partial charge in [0.05, 0.1) is 5.69 Å². The summed E-state index contributed by atoms with van der Waals surface area (Å²) in [5.74, 6) is -0.626. The molecule has 0 aliphatic rings. The van der Waals surface area contributed by atoms with E-state index in [4.69, 9.17) is 0 Å². The Hall–Kier alpha value is -2.77. The quantitative estimate of drug-likeness (QED) is 0.464. The maximum absolute atomic E-state index is 11.7. The van der Waals surface area contributed by atoms with E-state index in [2.05, 4.69) is 10.2 Å². The molecule has 7 heteroatoms. The molecule has 3 aromatic carbocycles. The van der Waals surface area contributed by atoms with Crippen molar-refractivity contribution in [3.05, 3.63) is 58.7 Å². The summed E-state index contributed by atoms with van der Waals surface area (Å²) in [4.78, 5) is -0.591. The summed E-state index contributed by atoms with van der Waals surface area (Å²) in [7, 11) is -4.62. The van der Waals surface area contributed by atoms with Crippen molar-refractivity contribution in [2.45, 2.75) is 32.6 Å². The fourth-order valence-electron chi connectivity index (χ4n) is 2.93. The highest BCUT2D eigenvalue weighted by Crippen LogP contribution is 2.41. The Balaban J connectivity index is 2.27. The van der Waals surface area contributed by atoms with E-state index in [1.807, 2.05) is 45.9 Å². The Labute approximate surface area is 157 Å². The smallest absolute Gasteiger partial charge is 0.298 e. The van der Waals surface area contributed by atoms with Gasteiger partial charge in [-0.2, -0.15) is 13.5 Å². The lowest BCUT2D eigenvalue weighted by Crippen LogP contribution is -1.99. The fourth-order valence-corrected chi connectivity index (χ4v) is 3.54. The molecule has 0 amide bonds. The maximum Gasteiger partial charge on any atom is 0.298 e. The third-order valence-electron chi connectivity index (χ3n) is 4.55. The molecule has 6 nitrogen and oxygen atoms in total. The van der Waals surface area contributed by atoms with Crippen LogP contribution in [0.3, 0.4) is 0 Å². The Morgan fingerprint density at radius 3 is 2.19 bits per heavy atom. The van der Waals surface area contributed by atoms with Gasteiger partial charge in [-0.1, -0.05) is 29.8 Å². The monoisotopic (exact) mass is 384 g/mol. The van der Waals surface area contributed by atoms with Gasteiger partial charge in [-0.25, -0.2) is 0 Å². The summed E-state index contributed by atoms with van der Waals surface area (Å²) in [6.45, 7) is 7.72.